The molecule has 0 aliphatic heterocycles. The topological polar surface area (TPSA) is 53.4 Å². The first kappa shape index (κ1) is 14.7. The van der Waals surface area contributed by atoms with Gasteiger partial charge in [0.1, 0.15) is 11.3 Å². The van der Waals surface area contributed by atoms with Crippen LogP contribution < -0.4 is 0 Å². The SMILES string of the molecule is Oc1ccccc1/C=C/c1ccc2c(Cl)cc(Cl)c(O)c2n1. The Morgan fingerprint density at radius 2 is 1.68 bits per heavy atom. The van der Waals surface area contributed by atoms with Crippen molar-refractivity contribution >= 4 is 46.3 Å². The number of rotatable bonds is 2. The maximum Gasteiger partial charge on any atom is 0.160 e. The number of phenolic OH excluding ortho intramolecular Hbond substituents is 2. The minimum atomic E-state index is -0.0983. The van der Waals surface area contributed by atoms with Crippen LogP contribution in [0.1, 0.15) is 11.3 Å². The number of hydrogen-bond donors (Lipinski definition) is 2. The zero-order valence-electron chi connectivity index (χ0n) is 11.3. The molecule has 0 bridgehead atoms. The van der Waals surface area contributed by atoms with Crippen molar-refractivity contribution < 1.29 is 10.2 Å². The molecule has 3 aromatic rings. The molecule has 0 saturated carbocycles. The largest absolute Gasteiger partial charge is 0.507 e. The van der Waals surface area contributed by atoms with Gasteiger partial charge < -0.3 is 10.2 Å². The molecule has 0 atom stereocenters. The van der Waals surface area contributed by atoms with Gasteiger partial charge in [-0.25, -0.2) is 4.98 Å². The third-order valence-electron chi connectivity index (χ3n) is 3.25. The van der Waals surface area contributed by atoms with Crippen molar-refractivity contribution in [3.05, 3.63) is 63.8 Å². The monoisotopic (exact) mass is 331 g/mol. The van der Waals surface area contributed by atoms with Crippen LogP contribution in [0.3, 0.4) is 0 Å². The van der Waals surface area contributed by atoms with E-state index >= 15 is 0 Å². The lowest BCUT2D eigenvalue weighted by Gasteiger charge is -2.05. The van der Waals surface area contributed by atoms with Gasteiger partial charge in [0, 0.05) is 10.9 Å². The second-order valence-corrected chi connectivity index (χ2v) is 5.53. The maximum absolute atomic E-state index is 10.0. The van der Waals surface area contributed by atoms with Crippen LogP contribution in [0.25, 0.3) is 23.1 Å². The summed E-state index contributed by atoms with van der Waals surface area (Å²) in [6, 6.07) is 12.0. The van der Waals surface area contributed by atoms with Gasteiger partial charge in [0.25, 0.3) is 0 Å². The number of benzene rings is 2. The van der Waals surface area contributed by atoms with Gasteiger partial charge in [0.05, 0.1) is 15.7 Å². The van der Waals surface area contributed by atoms with Gasteiger partial charge in [-0.2, -0.15) is 0 Å². The summed E-state index contributed by atoms with van der Waals surface area (Å²) in [4.78, 5) is 4.35. The zero-order valence-corrected chi connectivity index (χ0v) is 12.8. The average molecular weight is 332 g/mol. The Labute approximate surface area is 137 Å². The van der Waals surface area contributed by atoms with E-state index < -0.39 is 0 Å². The summed E-state index contributed by atoms with van der Waals surface area (Å²) in [5.74, 6) is 0.0901. The van der Waals surface area contributed by atoms with E-state index in [0.717, 1.165) is 0 Å². The Bertz CT molecular complexity index is 891. The highest BCUT2D eigenvalue weighted by Crippen LogP contribution is 2.36. The summed E-state index contributed by atoms with van der Waals surface area (Å²) >= 11 is 12.0. The molecule has 1 heterocycles. The summed E-state index contributed by atoms with van der Waals surface area (Å²) in [6.07, 6.45) is 3.48. The van der Waals surface area contributed by atoms with E-state index in [1.165, 1.54) is 6.07 Å². The quantitative estimate of drug-likeness (QED) is 0.684. The Balaban J connectivity index is 2.06. The normalized spacial score (nSPS) is 11.4. The number of halogens is 2. The summed E-state index contributed by atoms with van der Waals surface area (Å²) in [7, 11) is 0. The molecule has 2 aromatic carbocycles. The van der Waals surface area contributed by atoms with Crippen molar-refractivity contribution in [1.29, 1.82) is 0 Å². The van der Waals surface area contributed by atoms with Crippen LogP contribution in [0.15, 0.2) is 42.5 Å². The lowest BCUT2D eigenvalue weighted by Crippen LogP contribution is -1.86. The van der Waals surface area contributed by atoms with Gasteiger partial charge in [0.15, 0.2) is 5.75 Å². The Morgan fingerprint density at radius 3 is 2.45 bits per heavy atom. The Morgan fingerprint density at radius 1 is 0.909 bits per heavy atom. The van der Waals surface area contributed by atoms with Crippen LogP contribution >= 0.6 is 23.2 Å². The molecule has 0 spiro atoms. The number of aromatic hydroxyl groups is 2. The molecule has 1 aromatic heterocycles. The first-order valence-electron chi connectivity index (χ1n) is 6.50. The third kappa shape index (κ3) is 2.73. The molecule has 3 nitrogen and oxygen atoms in total. The molecule has 0 fully saturated rings. The standard InChI is InChI=1S/C17H11Cl2NO2/c18-13-9-14(19)17(22)16-12(13)8-7-11(20-16)6-5-10-3-1-2-4-15(10)21/h1-9,21-22H/b6-5+. The minimum Gasteiger partial charge on any atom is -0.507 e. The van der Waals surface area contributed by atoms with Gasteiger partial charge in [0.2, 0.25) is 0 Å². The fourth-order valence-electron chi connectivity index (χ4n) is 2.11. The molecular formula is C17H11Cl2NO2. The summed E-state index contributed by atoms with van der Waals surface area (Å²) in [5.41, 5.74) is 1.64. The fraction of sp³-hybridized carbons (Fsp3) is 0. The summed E-state index contributed by atoms with van der Waals surface area (Å²) in [5, 5.41) is 21.0. The summed E-state index contributed by atoms with van der Waals surface area (Å²) < 4.78 is 0. The number of nitrogens with zero attached hydrogens (tertiary/aromatic N) is 1. The maximum atomic E-state index is 10.0. The van der Waals surface area contributed by atoms with Crippen LogP contribution in [0.5, 0.6) is 11.5 Å². The first-order valence-corrected chi connectivity index (χ1v) is 7.25. The minimum absolute atomic E-state index is 0.0983. The number of para-hydroxylation sites is 1. The summed E-state index contributed by atoms with van der Waals surface area (Å²) in [6.45, 7) is 0. The van der Waals surface area contributed by atoms with Crippen molar-refractivity contribution in [2.45, 2.75) is 0 Å². The Hall–Kier alpha value is -2.23. The smallest absolute Gasteiger partial charge is 0.160 e. The molecule has 5 heteroatoms. The molecule has 0 aliphatic carbocycles. The van der Waals surface area contributed by atoms with Crippen molar-refractivity contribution in [3.63, 3.8) is 0 Å². The van der Waals surface area contributed by atoms with Gasteiger partial charge in [-0.05, 0) is 36.4 Å². The second kappa shape index (κ2) is 5.87. The number of phenols is 2. The van der Waals surface area contributed by atoms with E-state index in [1.54, 1.807) is 42.5 Å². The predicted octanol–water partition coefficient (Wildman–Crippen LogP) is 5.12. The highest BCUT2D eigenvalue weighted by atomic mass is 35.5. The molecule has 0 radical (unpaired) electrons. The number of hydrogen-bond acceptors (Lipinski definition) is 3. The highest BCUT2D eigenvalue weighted by molar-refractivity contribution is 6.39. The van der Waals surface area contributed by atoms with Crippen LogP contribution in [0, 0.1) is 0 Å². The van der Waals surface area contributed by atoms with Gasteiger partial charge in [-0.15, -0.1) is 0 Å². The van der Waals surface area contributed by atoms with Crippen LogP contribution in [-0.2, 0) is 0 Å². The van der Waals surface area contributed by atoms with E-state index in [1.807, 2.05) is 6.07 Å². The average Bonchev–Trinajstić information content (AvgIpc) is 2.52. The highest BCUT2D eigenvalue weighted by Gasteiger charge is 2.10. The molecule has 3 rings (SSSR count). The molecular weight excluding hydrogens is 321 g/mol. The number of fused-ring (bicyclic) bond motifs is 1. The third-order valence-corrected chi connectivity index (χ3v) is 3.85. The molecule has 0 unspecified atom stereocenters. The molecule has 0 amide bonds. The number of pyridine rings is 1. The fourth-order valence-corrected chi connectivity index (χ4v) is 2.63. The lowest BCUT2D eigenvalue weighted by atomic mass is 10.1. The van der Waals surface area contributed by atoms with Gasteiger partial charge in [-0.3, -0.25) is 0 Å². The molecule has 22 heavy (non-hydrogen) atoms. The van der Waals surface area contributed by atoms with Crippen molar-refractivity contribution in [1.82, 2.24) is 4.98 Å². The molecule has 2 N–H and O–H groups in total. The van der Waals surface area contributed by atoms with Crippen LogP contribution in [-0.4, -0.2) is 15.2 Å². The van der Waals surface area contributed by atoms with E-state index in [-0.39, 0.29) is 16.5 Å². The van der Waals surface area contributed by atoms with E-state index in [0.29, 0.717) is 27.2 Å². The predicted molar refractivity (Wildman–Crippen MR) is 90.5 cm³/mol. The van der Waals surface area contributed by atoms with Crippen molar-refractivity contribution in [2.24, 2.45) is 0 Å². The van der Waals surface area contributed by atoms with E-state index in [4.69, 9.17) is 23.2 Å². The molecule has 0 saturated heterocycles. The van der Waals surface area contributed by atoms with Crippen molar-refractivity contribution in [3.8, 4) is 11.5 Å². The van der Waals surface area contributed by atoms with Crippen LogP contribution in [0.4, 0.5) is 0 Å². The molecule has 110 valence electrons. The first-order chi connectivity index (χ1) is 10.6. The second-order valence-electron chi connectivity index (χ2n) is 4.71. The van der Waals surface area contributed by atoms with E-state index in [2.05, 4.69) is 4.98 Å². The van der Waals surface area contributed by atoms with Gasteiger partial charge >= 0.3 is 0 Å². The Kier molecular flexibility index (Phi) is 3.92. The molecule has 0 aliphatic rings. The lowest BCUT2D eigenvalue weighted by molar-refractivity contribution is 0.474. The van der Waals surface area contributed by atoms with Crippen molar-refractivity contribution in [2.75, 3.05) is 0 Å². The van der Waals surface area contributed by atoms with Gasteiger partial charge in [-0.1, -0.05) is 41.4 Å². The zero-order chi connectivity index (χ0) is 15.7. The number of aromatic nitrogens is 1. The van der Waals surface area contributed by atoms with Crippen LogP contribution in [0.2, 0.25) is 10.0 Å². The van der Waals surface area contributed by atoms with E-state index in [9.17, 15) is 10.2 Å².